The van der Waals surface area contributed by atoms with Crippen LogP contribution in [0.1, 0.15) is 27.7 Å². The molecular formula is C23H22FN3O. The van der Waals surface area contributed by atoms with Crippen LogP contribution < -0.4 is 0 Å². The highest BCUT2D eigenvalue weighted by molar-refractivity contribution is 5.94. The van der Waals surface area contributed by atoms with Gasteiger partial charge in [-0.3, -0.25) is 9.69 Å². The Morgan fingerprint density at radius 1 is 0.857 bits per heavy atom. The molecule has 1 aromatic heterocycles. The highest BCUT2D eigenvalue weighted by atomic mass is 19.1. The summed E-state index contributed by atoms with van der Waals surface area (Å²) in [5, 5.41) is 0. The normalized spacial score (nSPS) is 21.6. The van der Waals surface area contributed by atoms with Crippen molar-refractivity contribution < 1.29 is 9.18 Å². The van der Waals surface area contributed by atoms with E-state index < -0.39 is 0 Å². The van der Waals surface area contributed by atoms with Gasteiger partial charge in [0.15, 0.2) is 0 Å². The zero-order chi connectivity index (χ0) is 19.1. The third kappa shape index (κ3) is 3.02. The second kappa shape index (κ2) is 6.91. The van der Waals surface area contributed by atoms with Gasteiger partial charge < -0.3 is 9.47 Å². The van der Waals surface area contributed by atoms with Crippen molar-refractivity contribution in [2.45, 2.75) is 25.2 Å². The van der Waals surface area contributed by atoms with E-state index in [1.54, 1.807) is 12.1 Å². The second-order valence-corrected chi connectivity index (χ2v) is 7.68. The highest BCUT2D eigenvalue weighted by Crippen LogP contribution is 2.35. The van der Waals surface area contributed by atoms with Gasteiger partial charge in [0.25, 0.3) is 5.91 Å². The molecule has 0 N–H and O–H groups in total. The molecule has 2 atom stereocenters. The molecule has 5 rings (SSSR count). The maximum atomic E-state index is 13.6. The van der Waals surface area contributed by atoms with Crippen LogP contribution >= 0.6 is 0 Å². The van der Waals surface area contributed by atoms with Gasteiger partial charge in [0, 0.05) is 32.4 Å². The molecule has 1 saturated heterocycles. The van der Waals surface area contributed by atoms with E-state index in [9.17, 15) is 9.18 Å². The quantitative estimate of drug-likeness (QED) is 0.696. The Bertz CT molecular complexity index is 1000. The average Bonchev–Trinajstić information content (AvgIpc) is 3.33. The van der Waals surface area contributed by atoms with E-state index >= 15 is 0 Å². The third-order valence-corrected chi connectivity index (χ3v) is 5.84. The maximum Gasteiger partial charge on any atom is 0.271 e. The summed E-state index contributed by atoms with van der Waals surface area (Å²) in [5.41, 5.74) is 2.86. The van der Waals surface area contributed by atoms with E-state index in [0.29, 0.717) is 13.1 Å². The first kappa shape index (κ1) is 17.2. The molecule has 0 unspecified atom stereocenters. The zero-order valence-corrected chi connectivity index (χ0v) is 15.5. The van der Waals surface area contributed by atoms with Crippen molar-refractivity contribution in [1.29, 1.82) is 0 Å². The van der Waals surface area contributed by atoms with Crippen LogP contribution in [0.5, 0.6) is 0 Å². The summed E-state index contributed by atoms with van der Waals surface area (Å²) in [4.78, 5) is 17.5. The van der Waals surface area contributed by atoms with Crippen molar-refractivity contribution in [2.75, 3.05) is 13.1 Å². The Balaban J connectivity index is 1.43. The lowest BCUT2D eigenvalue weighted by Crippen LogP contribution is -2.49. The fourth-order valence-corrected chi connectivity index (χ4v) is 4.58. The van der Waals surface area contributed by atoms with E-state index in [1.165, 1.54) is 6.07 Å². The lowest BCUT2D eigenvalue weighted by atomic mass is 10.0. The zero-order valence-electron chi connectivity index (χ0n) is 15.5. The van der Waals surface area contributed by atoms with Crippen LogP contribution in [-0.4, -0.2) is 39.4 Å². The monoisotopic (exact) mass is 375 g/mol. The van der Waals surface area contributed by atoms with E-state index in [0.717, 1.165) is 29.9 Å². The number of fused-ring (bicyclic) bond motifs is 3. The first-order valence-electron chi connectivity index (χ1n) is 9.67. The van der Waals surface area contributed by atoms with Crippen LogP contribution in [0, 0.1) is 5.82 Å². The minimum Gasteiger partial charge on any atom is -0.337 e. The summed E-state index contributed by atoms with van der Waals surface area (Å²) in [7, 11) is 0. The van der Waals surface area contributed by atoms with E-state index in [1.807, 2.05) is 47.5 Å². The molecule has 5 heteroatoms. The predicted molar refractivity (Wildman–Crippen MR) is 105 cm³/mol. The van der Waals surface area contributed by atoms with Gasteiger partial charge in [-0.1, -0.05) is 42.5 Å². The Kier molecular flexibility index (Phi) is 4.24. The number of likely N-dealkylation sites (tertiary alicyclic amines) is 1. The highest BCUT2D eigenvalue weighted by Gasteiger charge is 2.44. The van der Waals surface area contributed by atoms with Crippen LogP contribution in [-0.2, 0) is 13.1 Å². The van der Waals surface area contributed by atoms with Crippen LogP contribution in [0.2, 0.25) is 0 Å². The van der Waals surface area contributed by atoms with Gasteiger partial charge in [-0.05, 0) is 35.4 Å². The van der Waals surface area contributed by atoms with Gasteiger partial charge in [-0.15, -0.1) is 0 Å². The van der Waals surface area contributed by atoms with Crippen molar-refractivity contribution >= 4 is 5.91 Å². The molecule has 2 aromatic carbocycles. The van der Waals surface area contributed by atoms with E-state index in [4.69, 9.17) is 0 Å². The first-order chi connectivity index (χ1) is 13.7. The van der Waals surface area contributed by atoms with Gasteiger partial charge in [0.05, 0.1) is 12.1 Å². The standard InChI is InChI=1S/C23H22FN3O/c24-19-9-4-8-18(12-19)13-25-15-21-22(16-25)27(14-17-6-2-1-3-7-17)23(28)20-10-5-11-26(20)21/h1-12,21-22H,13-16H2/t21-,22+/m0/s1. The molecule has 4 nitrogen and oxygen atoms in total. The fourth-order valence-electron chi connectivity index (χ4n) is 4.58. The molecule has 0 aliphatic carbocycles. The SMILES string of the molecule is O=C1c2cccn2[C@H]2CN(Cc3cccc(F)c3)C[C@H]2N1Cc1ccccc1. The number of benzene rings is 2. The number of rotatable bonds is 4. The van der Waals surface area contributed by atoms with Gasteiger partial charge in [0.1, 0.15) is 11.5 Å². The van der Waals surface area contributed by atoms with Crippen LogP contribution in [0.3, 0.4) is 0 Å². The van der Waals surface area contributed by atoms with E-state index in [-0.39, 0.29) is 23.8 Å². The number of halogens is 1. The number of hydrogen-bond donors (Lipinski definition) is 0. The van der Waals surface area contributed by atoms with Crippen molar-refractivity contribution in [3.63, 3.8) is 0 Å². The molecular weight excluding hydrogens is 353 g/mol. The number of aromatic nitrogens is 1. The molecule has 28 heavy (non-hydrogen) atoms. The van der Waals surface area contributed by atoms with Crippen molar-refractivity contribution in [3.8, 4) is 0 Å². The molecule has 3 aromatic rings. The molecule has 1 fully saturated rings. The third-order valence-electron chi connectivity index (χ3n) is 5.84. The number of nitrogens with zero attached hydrogens (tertiary/aromatic N) is 3. The van der Waals surface area contributed by atoms with Crippen LogP contribution in [0.15, 0.2) is 72.9 Å². The van der Waals surface area contributed by atoms with Gasteiger partial charge >= 0.3 is 0 Å². The smallest absolute Gasteiger partial charge is 0.271 e. The summed E-state index contributed by atoms with van der Waals surface area (Å²) < 4.78 is 15.7. The average molecular weight is 375 g/mol. The van der Waals surface area contributed by atoms with Gasteiger partial charge in [-0.2, -0.15) is 0 Å². The summed E-state index contributed by atoms with van der Waals surface area (Å²) >= 11 is 0. The molecule has 1 amide bonds. The maximum absolute atomic E-state index is 13.6. The number of amides is 1. The van der Waals surface area contributed by atoms with Gasteiger partial charge in [-0.25, -0.2) is 4.39 Å². The Morgan fingerprint density at radius 2 is 1.64 bits per heavy atom. The predicted octanol–water partition coefficient (Wildman–Crippen LogP) is 3.71. The van der Waals surface area contributed by atoms with Crippen molar-refractivity contribution in [2.24, 2.45) is 0 Å². The number of hydrogen-bond acceptors (Lipinski definition) is 2. The largest absolute Gasteiger partial charge is 0.337 e. The summed E-state index contributed by atoms with van der Waals surface area (Å²) in [6.07, 6.45) is 2.01. The Morgan fingerprint density at radius 3 is 2.46 bits per heavy atom. The number of carbonyl (C=O) groups is 1. The fraction of sp³-hybridized carbons (Fsp3) is 0.261. The van der Waals surface area contributed by atoms with Gasteiger partial charge in [0.2, 0.25) is 0 Å². The lowest BCUT2D eigenvalue weighted by Gasteiger charge is -2.38. The minimum atomic E-state index is -0.206. The van der Waals surface area contributed by atoms with E-state index in [2.05, 4.69) is 21.6 Å². The molecule has 0 spiro atoms. The molecule has 0 radical (unpaired) electrons. The molecule has 0 bridgehead atoms. The first-order valence-corrected chi connectivity index (χ1v) is 9.67. The molecule has 2 aliphatic heterocycles. The Hall–Kier alpha value is -2.92. The molecule has 3 heterocycles. The van der Waals surface area contributed by atoms with Crippen molar-refractivity contribution in [1.82, 2.24) is 14.4 Å². The van der Waals surface area contributed by atoms with Crippen molar-refractivity contribution in [3.05, 3.63) is 95.6 Å². The Labute approximate surface area is 163 Å². The molecule has 0 saturated carbocycles. The van der Waals surface area contributed by atoms with Crippen LogP contribution in [0.25, 0.3) is 0 Å². The molecule has 2 aliphatic rings. The molecule has 142 valence electrons. The second-order valence-electron chi connectivity index (χ2n) is 7.68. The van der Waals surface area contributed by atoms with Crippen LogP contribution in [0.4, 0.5) is 4.39 Å². The minimum absolute atomic E-state index is 0.0858. The topological polar surface area (TPSA) is 28.5 Å². The summed E-state index contributed by atoms with van der Waals surface area (Å²) in [6.45, 7) is 2.94. The summed E-state index contributed by atoms with van der Waals surface area (Å²) in [6, 6.07) is 21.1. The number of carbonyl (C=O) groups excluding carboxylic acids is 1. The summed E-state index contributed by atoms with van der Waals surface area (Å²) in [5.74, 6) is -0.120. The lowest BCUT2D eigenvalue weighted by molar-refractivity contribution is 0.0556.